The third-order valence-corrected chi connectivity index (χ3v) is 11.2. The first kappa shape index (κ1) is 41.5. The van der Waals surface area contributed by atoms with Crippen molar-refractivity contribution in [2.24, 2.45) is 14.1 Å². The molecular formula is C47H42Br2N4O5. The summed E-state index contributed by atoms with van der Waals surface area (Å²) in [6, 6.07) is 44.5. The highest BCUT2D eigenvalue weighted by Gasteiger charge is 2.19. The van der Waals surface area contributed by atoms with Gasteiger partial charge in [0.2, 0.25) is 0 Å². The number of aryl methyl sites for hydroxylation is 2. The van der Waals surface area contributed by atoms with E-state index in [2.05, 4.69) is 77.4 Å². The molecule has 0 spiro atoms. The minimum atomic E-state index is -0.910. The van der Waals surface area contributed by atoms with Crippen LogP contribution >= 0.6 is 31.9 Å². The van der Waals surface area contributed by atoms with Crippen molar-refractivity contribution in [1.82, 2.24) is 18.9 Å². The van der Waals surface area contributed by atoms with Gasteiger partial charge in [-0.1, -0.05) is 78.9 Å². The van der Waals surface area contributed by atoms with Crippen LogP contribution in [0.5, 0.6) is 0 Å². The average Bonchev–Trinajstić information content (AvgIpc) is 3.96. The predicted molar refractivity (Wildman–Crippen MR) is 237 cm³/mol. The molecule has 58 heavy (non-hydrogen) atoms. The number of aromatic carboxylic acids is 1. The number of hydrogen-bond acceptors (Lipinski definition) is 4. The van der Waals surface area contributed by atoms with Crippen molar-refractivity contribution in [2.75, 3.05) is 14.1 Å². The van der Waals surface area contributed by atoms with Gasteiger partial charge in [0, 0.05) is 70.7 Å². The normalized spacial score (nSPS) is 10.7. The van der Waals surface area contributed by atoms with Crippen LogP contribution in [0.2, 0.25) is 0 Å². The van der Waals surface area contributed by atoms with Gasteiger partial charge in [0.05, 0.1) is 36.7 Å². The number of carboxylic acids is 1. The summed E-state index contributed by atoms with van der Waals surface area (Å²) in [5.74, 6) is -0.905. The SMILES string of the molecule is CN(Cc1cc2ccccc2n1C)C(=O)c1ccccc1-c1ccoc1.CN(Cc1cc2ccccc2n1C)C(=O)c1ccccc1Br.O=C(O)c1ccccc1Br. The maximum Gasteiger partial charge on any atom is 0.336 e. The Morgan fingerprint density at radius 3 is 1.47 bits per heavy atom. The van der Waals surface area contributed by atoms with Crippen molar-refractivity contribution in [3.63, 3.8) is 0 Å². The fourth-order valence-electron chi connectivity index (χ4n) is 6.64. The summed E-state index contributed by atoms with van der Waals surface area (Å²) >= 11 is 6.56. The van der Waals surface area contributed by atoms with E-state index in [9.17, 15) is 14.4 Å². The Bertz CT molecular complexity index is 2700. The van der Waals surface area contributed by atoms with E-state index in [1.54, 1.807) is 46.6 Å². The van der Waals surface area contributed by atoms with Crippen LogP contribution in [0.1, 0.15) is 42.5 Å². The van der Waals surface area contributed by atoms with Crippen molar-refractivity contribution in [1.29, 1.82) is 0 Å². The van der Waals surface area contributed by atoms with E-state index in [-0.39, 0.29) is 11.8 Å². The monoisotopic (exact) mass is 900 g/mol. The number of aromatic nitrogens is 2. The highest BCUT2D eigenvalue weighted by molar-refractivity contribution is 9.10. The zero-order chi connectivity index (χ0) is 41.3. The molecule has 0 radical (unpaired) electrons. The lowest BCUT2D eigenvalue weighted by Gasteiger charge is -2.19. The molecule has 2 amide bonds. The number of amides is 2. The molecule has 0 atom stereocenters. The molecule has 5 aromatic carbocycles. The van der Waals surface area contributed by atoms with Gasteiger partial charge in [-0.15, -0.1) is 0 Å². The van der Waals surface area contributed by atoms with Gasteiger partial charge in [-0.05, 0) is 109 Å². The van der Waals surface area contributed by atoms with Gasteiger partial charge < -0.3 is 28.5 Å². The number of para-hydroxylation sites is 2. The average molecular weight is 903 g/mol. The highest BCUT2D eigenvalue weighted by Crippen LogP contribution is 2.27. The first-order valence-corrected chi connectivity index (χ1v) is 19.9. The summed E-state index contributed by atoms with van der Waals surface area (Å²) in [5.41, 5.74) is 8.01. The third kappa shape index (κ3) is 9.50. The Morgan fingerprint density at radius 2 is 1.02 bits per heavy atom. The summed E-state index contributed by atoms with van der Waals surface area (Å²) in [6.45, 7) is 1.12. The molecule has 0 fully saturated rings. The van der Waals surface area contributed by atoms with Crippen molar-refractivity contribution in [3.05, 3.63) is 189 Å². The first-order chi connectivity index (χ1) is 27.9. The number of carboxylic acid groups (broad SMARTS) is 1. The molecule has 0 aliphatic rings. The number of carbonyl (C=O) groups is 3. The molecule has 294 valence electrons. The number of furan rings is 1. The van der Waals surface area contributed by atoms with Crippen molar-refractivity contribution in [3.8, 4) is 11.1 Å². The van der Waals surface area contributed by atoms with E-state index in [4.69, 9.17) is 9.52 Å². The third-order valence-electron chi connectivity index (χ3n) is 9.79. The molecule has 0 aliphatic carbocycles. The number of rotatable bonds is 8. The molecule has 8 rings (SSSR count). The fraction of sp³-hybridized carbons (Fsp3) is 0.128. The maximum atomic E-state index is 13.1. The Morgan fingerprint density at radius 1 is 0.586 bits per heavy atom. The fourth-order valence-corrected chi connectivity index (χ4v) is 7.55. The molecule has 3 aromatic heterocycles. The second-order valence-electron chi connectivity index (χ2n) is 13.7. The lowest BCUT2D eigenvalue weighted by Crippen LogP contribution is -2.27. The van der Waals surface area contributed by atoms with Crippen molar-refractivity contribution >= 4 is 71.4 Å². The lowest BCUT2D eigenvalue weighted by molar-refractivity contribution is 0.0694. The van der Waals surface area contributed by atoms with E-state index in [1.165, 1.54) is 21.8 Å². The Labute approximate surface area is 354 Å². The lowest BCUT2D eigenvalue weighted by atomic mass is 10.0. The molecule has 0 saturated heterocycles. The summed E-state index contributed by atoms with van der Waals surface area (Å²) < 4.78 is 10.9. The minimum Gasteiger partial charge on any atom is -0.478 e. The molecular weight excluding hydrogens is 860 g/mol. The van der Waals surface area contributed by atoms with E-state index < -0.39 is 5.97 Å². The second kappa shape index (κ2) is 18.8. The van der Waals surface area contributed by atoms with Crippen molar-refractivity contribution in [2.45, 2.75) is 13.1 Å². The smallest absolute Gasteiger partial charge is 0.336 e. The zero-order valence-electron chi connectivity index (χ0n) is 32.5. The van der Waals surface area contributed by atoms with Crippen LogP contribution in [0.25, 0.3) is 32.9 Å². The molecule has 3 heterocycles. The van der Waals surface area contributed by atoms with Crippen LogP contribution in [0.3, 0.4) is 0 Å². The van der Waals surface area contributed by atoms with Crippen molar-refractivity contribution < 1.29 is 23.9 Å². The van der Waals surface area contributed by atoms with E-state index >= 15 is 0 Å². The minimum absolute atomic E-state index is 0.00736. The van der Waals surface area contributed by atoms with Gasteiger partial charge in [0.25, 0.3) is 11.8 Å². The van der Waals surface area contributed by atoms with Crippen LogP contribution < -0.4 is 0 Å². The molecule has 11 heteroatoms. The van der Waals surface area contributed by atoms with Crippen LogP contribution in [-0.4, -0.2) is 55.9 Å². The molecule has 0 unspecified atom stereocenters. The second-order valence-corrected chi connectivity index (χ2v) is 15.4. The largest absolute Gasteiger partial charge is 0.478 e. The summed E-state index contributed by atoms with van der Waals surface area (Å²) in [7, 11) is 7.75. The van der Waals surface area contributed by atoms with Gasteiger partial charge in [-0.2, -0.15) is 0 Å². The molecule has 1 N–H and O–H groups in total. The molecule has 0 aliphatic heterocycles. The molecule has 0 saturated carbocycles. The predicted octanol–water partition coefficient (Wildman–Crippen LogP) is 11.1. The number of carbonyl (C=O) groups excluding carboxylic acids is 2. The van der Waals surface area contributed by atoms with E-state index in [1.807, 2.05) is 107 Å². The summed E-state index contributed by atoms with van der Waals surface area (Å²) in [5, 5.41) is 10.9. The van der Waals surface area contributed by atoms with Crippen LogP contribution in [0.15, 0.2) is 165 Å². The van der Waals surface area contributed by atoms with E-state index in [0.717, 1.165) is 27.0 Å². The van der Waals surface area contributed by atoms with Gasteiger partial charge in [-0.3, -0.25) is 9.59 Å². The number of halogens is 2. The van der Waals surface area contributed by atoms with Gasteiger partial charge >= 0.3 is 5.97 Å². The molecule has 0 bridgehead atoms. The summed E-state index contributed by atoms with van der Waals surface area (Å²) in [4.78, 5) is 39.6. The summed E-state index contributed by atoms with van der Waals surface area (Å²) in [6.07, 6.45) is 3.28. The quantitative estimate of drug-likeness (QED) is 0.164. The van der Waals surface area contributed by atoms with E-state index in [0.29, 0.717) is 34.3 Å². The Hall–Kier alpha value is -6.17. The Balaban J connectivity index is 0.000000160. The number of benzene rings is 5. The Kier molecular flexibility index (Phi) is 13.5. The number of fused-ring (bicyclic) bond motifs is 2. The maximum absolute atomic E-state index is 13.1. The highest BCUT2D eigenvalue weighted by atomic mass is 79.9. The van der Waals surface area contributed by atoms with Crippen LogP contribution in [0.4, 0.5) is 0 Å². The van der Waals surface area contributed by atoms with Crippen LogP contribution in [0, 0.1) is 0 Å². The van der Waals surface area contributed by atoms with Crippen LogP contribution in [-0.2, 0) is 27.2 Å². The number of hydrogen-bond donors (Lipinski definition) is 1. The van der Waals surface area contributed by atoms with Gasteiger partial charge in [0.15, 0.2) is 0 Å². The van der Waals surface area contributed by atoms with Gasteiger partial charge in [-0.25, -0.2) is 4.79 Å². The topological polar surface area (TPSA) is 101 Å². The molecule has 8 aromatic rings. The number of nitrogens with zero attached hydrogens (tertiary/aromatic N) is 4. The standard InChI is InChI=1S/C22H20N2O2.C18H17BrN2O.C7H5BrO2/c1-23(14-18-13-16-7-3-6-10-21(16)24(18)2)22(25)20-9-5-4-8-19(20)17-11-12-26-15-17;1-20(18(22)15-8-4-5-9-16(15)19)12-14-11-13-7-3-6-10-17(13)21(14)2;8-6-4-2-1-3-5(6)7(9)10/h3-13,15H,14H2,1-2H3;3-11H,12H2,1-2H3;1-4H,(H,9,10). The van der Waals surface area contributed by atoms with Gasteiger partial charge in [0.1, 0.15) is 0 Å². The zero-order valence-corrected chi connectivity index (χ0v) is 35.6. The first-order valence-electron chi connectivity index (χ1n) is 18.4. The molecule has 9 nitrogen and oxygen atoms in total.